The number of nitrogens with zero attached hydrogens (tertiary/aromatic N) is 3. The van der Waals surface area contributed by atoms with E-state index in [0.29, 0.717) is 36.5 Å². The molecule has 0 radical (unpaired) electrons. The maximum atomic E-state index is 13.5. The highest BCUT2D eigenvalue weighted by Gasteiger charge is 2.27. The monoisotopic (exact) mass is 351 g/mol. The third kappa shape index (κ3) is 3.06. The third-order valence-electron chi connectivity index (χ3n) is 4.41. The zero-order chi connectivity index (χ0) is 18.1. The van der Waals surface area contributed by atoms with Crippen LogP contribution in [0.15, 0.2) is 54.7 Å². The van der Waals surface area contributed by atoms with Gasteiger partial charge in [-0.2, -0.15) is 0 Å². The number of carbonyl (C=O) groups excluding carboxylic acids is 1. The standard InChI is InChI=1S/C20H18FN3O2/c1-14-11-16(7-8-18(14)21)23-10-9-19-22-15(12-24(19)20(23)25)13-26-17-5-3-2-4-6-17/h2-8,11-12H,9-10,13H2,1H3. The van der Waals surface area contributed by atoms with Crippen molar-refractivity contribution in [1.82, 2.24) is 9.55 Å². The van der Waals surface area contributed by atoms with Gasteiger partial charge in [0.2, 0.25) is 0 Å². The summed E-state index contributed by atoms with van der Waals surface area (Å²) in [5.41, 5.74) is 1.91. The van der Waals surface area contributed by atoms with Gasteiger partial charge in [-0.25, -0.2) is 14.2 Å². The van der Waals surface area contributed by atoms with Crippen molar-refractivity contribution in [2.75, 3.05) is 11.4 Å². The van der Waals surface area contributed by atoms with E-state index in [-0.39, 0.29) is 11.8 Å². The first-order valence-electron chi connectivity index (χ1n) is 8.45. The first-order chi connectivity index (χ1) is 12.6. The van der Waals surface area contributed by atoms with Gasteiger partial charge in [-0.05, 0) is 42.8 Å². The first kappa shape index (κ1) is 16.3. The van der Waals surface area contributed by atoms with Crippen LogP contribution in [0.4, 0.5) is 14.9 Å². The second-order valence-electron chi connectivity index (χ2n) is 6.24. The number of anilines is 1. The Morgan fingerprint density at radius 2 is 2.00 bits per heavy atom. The van der Waals surface area contributed by atoms with Crippen molar-refractivity contribution in [3.05, 3.63) is 77.6 Å². The molecule has 0 atom stereocenters. The van der Waals surface area contributed by atoms with E-state index >= 15 is 0 Å². The maximum absolute atomic E-state index is 13.5. The SMILES string of the molecule is Cc1cc(N2CCc3nc(COc4ccccc4)cn3C2=O)ccc1F. The summed E-state index contributed by atoms with van der Waals surface area (Å²) in [4.78, 5) is 19.0. The largest absolute Gasteiger partial charge is 0.487 e. The van der Waals surface area contributed by atoms with Crippen molar-refractivity contribution in [1.29, 1.82) is 0 Å². The summed E-state index contributed by atoms with van der Waals surface area (Å²) in [6.45, 7) is 2.50. The number of rotatable bonds is 4. The molecule has 3 aromatic rings. The minimum Gasteiger partial charge on any atom is -0.487 e. The number of imidazole rings is 1. The molecule has 1 aliphatic rings. The van der Waals surface area contributed by atoms with Crippen LogP contribution in [0.2, 0.25) is 0 Å². The maximum Gasteiger partial charge on any atom is 0.334 e. The van der Waals surface area contributed by atoms with Crippen LogP contribution in [0.5, 0.6) is 5.75 Å². The molecule has 1 aliphatic heterocycles. The molecular weight excluding hydrogens is 333 g/mol. The summed E-state index contributed by atoms with van der Waals surface area (Å²) in [6.07, 6.45) is 2.34. The second-order valence-corrected chi connectivity index (χ2v) is 6.24. The lowest BCUT2D eigenvalue weighted by atomic mass is 10.2. The highest BCUT2D eigenvalue weighted by molar-refractivity contribution is 5.95. The van der Waals surface area contributed by atoms with Crippen LogP contribution in [0.1, 0.15) is 17.1 Å². The Morgan fingerprint density at radius 3 is 2.77 bits per heavy atom. The van der Waals surface area contributed by atoms with Crippen LogP contribution in [-0.4, -0.2) is 22.1 Å². The summed E-state index contributed by atoms with van der Waals surface area (Å²) in [6, 6.07) is 14.0. The molecule has 0 saturated carbocycles. The number of ether oxygens (including phenoxy) is 1. The molecule has 0 spiro atoms. The van der Waals surface area contributed by atoms with Gasteiger partial charge in [-0.15, -0.1) is 0 Å². The number of hydrogen-bond donors (Lipinski definition) is 0. The van der Waals surface area contributed by atoms with Gasteiger partial charge in [-0.3, -0.25) is 9.47 Å². The van der Waals surface area contributed by atoms with E-state index in [9.17, 15) is 9.18 Å². The van der Waals surface area contributed by atoms with Gasteiger partial charge in [0.1, 0.15) is 24.0 Å². The third-order valence-corrected chi connectivity index (χ3v) is 4.41. The Labute approximate surface area is 150 Å². The lowest BCUT2D eigenvalue weighted by Gasteiger charge is -2.27. The molecule has 0 fully saturated rings. The second kappa shape index (κ2) is 6.63. The lowest BCUT2D eigenvalue weighted by molar-refractivity contribution is 0.245. The first-order valence-corrected chi connectivity index (χ1v) is 8.45. The topological polar surface area (TPSA) is 47.4 Å². The summed E-state index contributed by atoms with van der Waals surface area (Å²) in [5.74, 6) is 1.20. The summed E-state index contributed by atoms with van der Waals surface area (Å²) >= 11 is 0. The number of aromatic nitrogens is 2. The van der Waals surface area contributed by atoms with Crippen LogP contribution in [0, 0.1) is 12.7 Å². The molecule has 1 aromatic heterocycles. The van der Waals surface area contributed by atoms with Gasteiger partial charge in [0.15, 0.2) is 0 Å². The predicted octanol–water partition coefficient (Wildman–Crippen LogP) is 3.94. The van der Waals surface area contributed by atoms with E-state index in [1.54, 1.807) is 34.7 Å². The minimum atomic E-state index is -0.276. The smallest absolute Gasteiger partial charge is 0.334 e. The molecule has 4 rings (SSSR count). The number of carbonyl (C=O) groups is 1. The number of amides is 1. The van der Waals surface area contributed by atoms with Crippen LogP contribution in [0.25, 0.3) is 0 Å². The normalized spacial score (nSPS) is 13.6. The molecule has 0 bridgehead atoms. The van der Waals surface area contributed by atoms with E-state index < -0.39 is 0 Å². The zero-order valence-electron chi connectivity index (χ0n) is 14.4. The van der Waals surface area contributed by atoms with Crippen molar-refractivity contribution in [3.63, 3.8) is 0 Å². The molecule has 2 aromatic carbocycles. The molecule has 5 nitrogen and oxygen atoms in total. The fraction of sp³-hybridized carbons (Fsp3) is 0.200. The van der Waals surface area contributed by atoms with Gasteiger partial charge in [0.25, 0.3) is 0 Å². The predicted molar refractivity (Wildman–Crippen MR) is 96.0 cm³/mol. The average molecular weight is 351 g/mol. The molecule has 0 N–H and O–H groups in total. The van der Waals surface area contributed by atoms with Gasteiger partial charge in [0.05, 0.1) is 5.69 Å². The summed E-state index contributed by atoms with van der Waals surface area (Å²) in [7, 11) is 0. The van der Waals surface area contributed by atoms with Crippen molar-refractivity contribution in [3.8, 4) is 5.75 Å². The molecule has 26 heavy (non-hydrogen) atoms. The van der Waals surface area contributed by atoms with Gasteiger partial charge >= 0.3 is 6.03 Å². The van der Waals surface area contributed by atoms with Crippen molar-refractivity contribution < 1.29 is 13.9 Å². The number of aryl methyl sites for hydroxylation is 1. The van der Waals surface area contributed by atoms with E-state index in [0.717, 1.165) is 11.6 Å². The van der Waals surface area contributed by atoms with Gasteiger partial charge < -0.3 is 4.74 Å². The Hall–Kier alpha value is -3.15. The number of benzene rings is 2. The fourth-order valence-electron chi connectivity index (χ4n) is 3.03. The van der Waals surface area contributed by atoms with Gasteiger partial charge in [-0.1, -0.05) is 18.2 Å². The highest BCUT2D eigenvalue weighted by atomic mass is 19.1. The van der Waals surface area contributed by atoms with E-state index in [1.807, 2.05) is 30.3 Å². The lowest BCUT2D eigenvalue weighted by Crippen LogP contribution is -2.41. The fourth-order valence-corrected chi connectivity index (χ4v) is 3.03. The molecule has 132 valence electrons. The summed E-state index contributed by atoms with van der Waals surface area (Å²) in [5, 5.41) is 0. The zero-order valence-corrected chi connectivity index (χ0v) is 14.4. The number of para-hydroxylation sites is 1. The molecule has 6 heteroatoms. The molecule has 2 heterocycles. The van der Waals surface area contributed by atoms with E-state index in [1.165, 1.54) is 6.07 Å². The van der Waals surface area contributed by atoms with Crippen LogP contribution in [0.3, 0.4) is 0 Å². The highest BCUT2D eigenvalue weighted by Crippen LogP contribution is 2.23. The van der Waals surface area contributed by atoms with Crippen molar-refractivity contribution in [2.24, 2.45) is 0 Å². The minimum absolute atomic E-state index is 0.185. The van der Waals surface area contributed by atoms with Crippen LogP contribution >= 0.6 is 0 Å². The van der Waals surface area contributed by atoms with Crippen molar-refractivity contribution in [2.45, 2.75) is 20.0 Å². The Bertz CT molecular complexity index is 953. The molecule has 0 saturated heterocycles. The molecular formula is C20H18FN3O2. The Balaban J connectivity index is 1.53. The quantitative estimate of drug-likeness (QED) is 0.715. The molecule has 0 unspecified atom stereocenters. The Morgan fingerprint density at radius 1 is 1.19 bits per heavy atom. The number of hydrogen-bond acceptors (Lipinski definition) is 3. The van der Waals surface area contributed by atoms with E-state index in [2.05, 4.69) is 4.98 Å². The van der Waals surface area contributed by atoms with Gasteiger partial charge in [0, 0.05) is 24.8 Å². The summed E-state index contributed by atoms with van der Waals surface area (Å²) < 4.78 is 20.7. The van der Waals surface area contributed by atoms with Crippen LogP contribution in [-0.2, 0) is 13.0 Å². The van der Waals surface area contributed by atoms with Crippen molar-refractivity contribution >= 4 is 11.7 Å². The molecule has 1 amide bonds. The Kier molecular flexibility index (Phi) is 4.16. The van der Waals surface area contributed by atoms with E-state index in [4.69, 9.17) is 4.74 Å². The molecule has 0 aliphatic carbocycles. The average Bonchev–Trinajstić information content (AvgIpc) is 3.08. The number of fused-ring (bicyclic) bond motifs is 1. The van der Waals surface area contributed by atoms with Crippen LogP contribution < -0.4 is 9.64 Å². The number of halogens is 1.